The van der Waals surface area contributed by atoms with E-state index in [-0.39, 0.29) is 30.2 Å². The van der Waals surface area contributed by atoms with Crippen LogP contribution in [0, 0.1) is 11.8 Å². The summed E-state index contributed by atoms with van der Waals surface area (Å²) in [7, 11) is 0. The zero-order valence-electron chi connectivity index (χ0n) is 13.2. The van der Waals surface area contributed by atoms with Gasteiger partial charge >= 0.3 is 0 Å². The largest absolute Gasteiger partial charge is 0.339 e. The molecular formula is C17H22ClN3O2. The van der Waals surface area contributed by atoms with Crippen molar-refractivity contribution < 1.29 is 9.59 Å². The van der Waals surface area contributed by atoms with Gasteiger partial charge in [0.15, 0.2) is 0 Å². The van der Waals surface area contributed by atoms with E-state index in [9.17, 15) is 9.59 Å². The Morgan fingerprint density at radius 2 is 2.00 bits per heavy atom. The molecule has 0 radical (unpaired) electrons. The van der Waals surface area contributed by atoms with Gasteiger partial charge in [0.05, 0.1) is 5.92 Å². The van der Waals surface area contributed by atoms with Crippen LogP contribution in [0.15, 0.2) is 24.3 Å². The van der Waals surface area contributed by atoms with Crippen molar-refractivity contribution in [3.8, 4) is 0 Å². The standard InChI is InChI=1S/C17H22ClN3O2/c1-11-6-12(8-19)9-20(11)17(23)13-7-16(22)21(10-13)15-4-2-14(18)3-5-15/h2-5,11-13H,6-10,19H2,1H3. The lowest BCUT2D eigenvalue weighted by Crippen LogP contribution is -2.39. The molecular weight excluding hydrogens is 314 g/mol. The van der Waals surface area contributed by atoms with E-state index in [2.05, 4.69) is 6.92 Å². The Kier molecular flexibility index (Phi) is 4.60. The Balaban J connectivity index is 1.69. The number of carbonyl (C=O) groups is 2. The SMILES string of the molecule is CC1CC(CN)CN1C(=O)C1CC(=O)N(c2ccc(Cl)cc2)C1. The maximum Gasteiger partial charge on any atom is 0.228 e. The zero-order chi connectivity index (χ0) is 16.6. The number of likely N-dealkylation sites (tertiary alicyclic amines) is 1. The van der Waals surface area contributed by atoms with Gasteiger partial charge in [0, 0.05) is 36.3 Å². The number of hydrogen-bond donors (Lipinski definition) is 1. The minimum Gasteiger partial charge on any atom is -0.339 e. The molecule has 2 fully saturated rings. The van der Waals surface area contributed by atoms with Crippen molar-refractivity contribution in [2.75, 3.05) is 24.5 Å². The van der Waals surface area contributed by atoms with Gasteiger partial charge in [-0.3, -0.25) is 9.59 Å². The van der Waals surface area contributed by atoms with E-state index in [0.29, 0.717) is 30.6 Å². The van der Waals surface area contributed by atoms with E-state index >= 15 is 0 Å². The van der Waals surface area contributed by atoms with Gasteiger partial charge in [0.2, 0.25) is 11.8 Å². The molecule has 2 heterocycles. The average molecular weight is 336 g/mol. The van der Waals surface area contributed by atoms with Gasteiger partial charge in [-0.05, 0) is 50.1 Å². The van der Waals surface area contributed by atoms with E-state index in [1.807, 2.05) is 17.0 Å². The van der Waals surface area contributed by atoms with Gasteiger partial charge < -0.3 is 15.5 Å². The monoisotopic (exact) mass is 335 g/mol. The second-order valence-electron chi connectivity index (χ2n) is 6.56. The highest BCUT2D eigenvalue weighted by atomic mass is 35.5. The Bertz CT molecular complexity index is 604. The molecule has 124 valence electrons. The van der Waals surface area contributed by atoms with E-state index in [1.165, 1.54) is 0 Å². The van der Waals surface area contributed by atoms with Gasteiger partial charge in [0.25, 0.3) is 0 Å². The molecule has 0 saturated carbocycles. The molecule has 2 N–H and O–H groups in total. The van der Waals surface area contributed by atoms with Gasteiger partial charge in [0.1, 0.15) is 0 Å². The highest BCUT2D eigenvalue weighted by molar-refractivity contribution is 6.30. The molecule has 23 heavy (non-hydrogen) atoms. The summed E-state index contributed by atoms with van der Waals surface area (Å²) in [5.74, 6) is 0.182. The van der Waals surface area contributed by atoms with Crippen molar-refractivity contribution in [3.05, 3.63) is 29.3 Å². The number of nitrogens with two attached hydrogens (primary N) is 1. The minimum absolute atomic E-state index is 0.00658. The summed E-state index contributed by atoms with van der Waals surface area (Å²) in [5.41, 5.74) is 6.53. The maximum atomic E-state index is 12.8. The lowest BCUT2D eigenvalue weighted by atomic mass is 10.1. The second-order valence-corrected chi connectivity index (χ2v) is 7.00. The maximum absolute atomic E-state index is 12.8. The molecule has 3 atom stereocenters. The fraction of sp³-hybridized carbons (Fsp3) is 0.529. The Labute approximate surface area is 141 Å². The summed E-state index contributed by atoms with van der Waals surface area (Å²) >= 11 is 5.89. The van der Waals surface area contributed by atoms with Crippen LogP contribution in [0.3, 0.4) is 0 Å². The Morgan fingerprint density at radius 3 is 2.61 bits per heavy atom. The van der Waals surface area contributed by atoms with Gasteiger partial charge in [-0.1, -0.05) is 11.6 Å². The molecule has 2 saturated heterocycles. The highest BCUT2D eigenvalue weighted by Crippen LogP contribution is 2.30. The van der Waals surface area contributed by atoms with Crippen molar-refractivity contribution in [1.29, 1.82) is 0 Å². The molecule has 0 spiro atoms. The molecule has 3 unspecified atom stereocenters. The number of carbonyl (C=O) groups excluding carboxylic acids is 2. The molecule has 1 aromatic rings. The number of anilines is 1. The first-order valence-electron chi connectivity index (χ1n) is 8.06. The lowest BCUT2D eigenvalue weighted by Gasteiger charge is -2.25. The number of amides is 2. The summed E-state index contributed by atoms with van der Waals surface area (Å²) in [6, 6.07) is 7.35. The van der Waals surface area contributed by atoms with Crippen molar-refractivity contribution in [2.45, 2.75) is 25.8 Å². The fourth-order valence-electron chi connectivity index (χ4n) is 3.60. The summed E-state index contributed by atoms with van der Waals surface area (Å²) < 4.78 is 0. The van der Waals surface area contributed by atoms with Crippen molar-refractivity contribution in [3.63, 3.8) is 0 Å². The van der Waals surface area contributed by atoms with Gasteiger partial charge in [-0.25, -0.2) is 0 Å². The van der Waals surface area contributed by atoms with Gasteiger partial charge in [-0.2, -0.15) is 0 Å². The van der Waals surface area contributed by atoms with Crippen LogP contribution in [0.1, 0.15) is 19.8 Å². The van der Waals surface area contributed by atoms with Crippen molar-refractivity contribution in [1.82, 2.24) is 4.90 Å². The van der Waals surface area contributed by atoms with Crippen LogP contribution in [-0.2, 0) is 9.59 Å². The number of hydrogen-bond acceptors (Lipinski definition) is 3. The first kappa shape index (κ1) is 16.3. The van der Waals surface area contributed by atoms with Crippen molar-refractivity contribution >= 4 is 29.1 Å². The van der Waals surface area contributed by atoms with Gasteiger partial charge in [-0.15, -0.1) is 0 Å². The molecule has 2 aliphatic rings. The van der Waals surface area contributed by atoms with E-state index in [1.54, 1.807) is 17.0 Å². The average Bonchev–Trinajstić information content (AvgIpc) is 3.10. The van der Waals surface area contributed by atoms with Crippen LogP contribution in [0.5, 0.6) is 0 Å². The first-order valence-corrected chi connectivity index (χ1v) is 8.44. The molecule has 2 amide bonds. The first-order chi connectivity index (χ1) is 11.0. The zero-order valence-corrected chi connectivity index (χ0v) is 14.0. The summed E-state index contributed by atoms with van der Waals surface area (Å²) in [6.45, 7) is 3.81. The lowest BCUT2D eigenvalue weighted by molar-refractivity contribution is -0.136. The van der Waals surface area contributed by atoms with E-state index in [0.717, 1.165) is 12.1 Å². The predicted molar refractivity (Wildman–Crippen MR) is 90.2 cm³/mol. The smallest absolute Gasteiger partial charge is 0.228 e. The summed E-state index contributed by atoms with van der Waals surface area (Å²) in [4.78, 5) is 28.7. The number of halogens is 1. The fourth-order valence-corrected chi connectivity index (χ4v) is 3.72. The normalized spacial score (nSPS) is 27.8. The molecule has 0 bridgehead atoms. The number of rotatable bonds is 3. The van der Waals surface area contributed by atoms with E-state index in [4.69, 9.17) is 17.3 Å². The van der Waals surface area contributed by atoms with Crippen LogP contribution in [-0.4, -0.2) is 42.4 Å². The third kappa shape index (κ3) is 3.21. The molecule has 3 rings (SSSR count). The van der Waals surface area contributed by atoms with Crippen LogP contribution in [0.25, 0.3) is 0 Å². The van der Waals surface area contributed by atoms with Crippen LogP contribution in [0.2, 0.25) is 5.02 Å². The Hall–Kier alpha value is -1.59. The number of nitrogens with zero attached hydrogens (tertiary/aromatic N) is 2. The molecule has 6 heteroatoms. The predicted octanol–water partition coefficient (Wildman–Crippen LogP) is 1.89. The summed E-state index contributed by atoms with van der Waals surface area (Å²) in [5, 5.41) is 0.631. The number of benzene rings is 1. The molecule has 1 aromatic carbocycles. The molecule has 2 aliphatic heterocycles. The Morgan fingerprint density at radius 1 is 1.30 bits per heavy atom. The minimum atomic E-state index is -0.267. The molecule has 0 aliphatic carbocycles. The third-order valence-electron chi connectivity index (χ3n) is 4.89. The second kappa shape index (κ2) is 6.49. The molecule has 0 aromatic heterocycles. The van der Waals surface area contributed by atoms with Crippen molar-refractivity contribution in [2.24, 2.45) is 17.6 Å². The van der Waals surface area contributed by atoms with Crippen LogP contribution >= 0.6 is 11.6 Å². The third-order valence-corrected chi connectivity index (χ3v) is 5.14. The van der Waals surface area contributed by atoms with Crippen LogP contribution < -0.4 is 10.6 Å². The van der Waals surface area contributed by atoms with E-state index < -0.39 is 0 Å². The topological polar surface area (TPSA) is 66.6 Å². The summed E-state index contributed by atoms with van der Waals surface area (Å²) in [6.07, 6.45) is 1.22. The molecule has 5 nitrogen and oxygen atoms in total. The highest BCUT2D eigenvalue weighted by Gasteiger charge is 2.40. The van der Waals surface area contributed by atoms with Crippen LogP contribution in [0.4, 0.5) is 5.69 Å². The quantitative estimate of drug-likeness (QED) is 0.917.